The zero-order valence-corrected chi connectivity index (χ0v) is 9.28. The summed E-state index contributed by atoms with van der Waals surface area (Å²) < 4.78 is 0. The molecule has 4 heteroatoms. The first kappa shape index (κ1) is 11.4. The topological polar surface area (TPSA) is 38.1 Å². The highest BCUT2D eigenvalue weighted by atomic mass is 35.5. The first-order chi connectivity index (χ1) is 7.24. The van der Waals surface area contributed by atoms with Crippen molar-refractivity contribution in [1.82, 2.24) is 9.97 Å². The van der Waals surface area contributed by atoms with E-state index >= 15 is 0 Å². The second kappa shape index (κ2) is 5.94. The Morgan fingerprint density at radius 3 is 2.67 bits per heavy atom. The number of hydrogen-bond acceptors (Lipinski definition) is 3. The van der Waals surface area contributed by atoms with Crippen molar-refractivity contribution in [3.63, 3.8) is 0 Å². The van der Waals surface area contributed by atoms with Gasteiger partial charge in [-0.15, -0.1) is 0 Å². The van der Waals surface area contributed by atoms with Gasteiger partial charge in [-0.1, -0.05) is 17.5 Å². The van der Waals surface area contributed by atoms with Crippen molar-refractivity contribution in [3.8, 4) is 11.8 Å². The van der Waals surface area contributed by atoms with Gasteiger partial charge in [0.05, 0.1) is 5.57 Å². The van der Waals surface area contributed by atoms with Crippen LogP contribution in [0.4, 0.5) is 0 Å². The van der Waals surface area contributed by atoms with Gasteiger partial charge in [-0.05, 0) is 18.9 Å². The summed E-state index contributed by atoms with van der Waals surface area (Å²) in [5.74, 6) is 6.13. The fourth-order valence-electron chi connectivity index (χ4n) is 0.823. The minimum absolute atomic E-state index is 0.470. The third kappa shape index (κ3) is 3.92. The monoisotopic (exact) mass is 219 g/mol. The maximum atomic E-state index is 5.83. The summed E-state index contributed by atoms with van der Waals surface area (Å²) in [5.41, 5.74) is 0.673. The summed E-state index contributed by atoms with van der Waals surface area (Å²) in [6.45, 7) is 1.76. The third-order valence-electron chi connectivity index (χ3n) is 1.50. The van der Waals surface area contributed by atoms with Gasteiger partial charge < -0.3 is 0 Å². The van der Waals surface area contributed by atoms with E-state index in [0.29, 0.717) is 16.4 Å². The molecule has 0 saturated heterocycles. The maximum absolute atomic E-state index is 5.83. The van der Waals surface area contributed by atoms with Gasteiger partial charge in [0.1, 0.15) is 0 Å². The molecular formula is C11H10ClN3. The largest absolute Gasteiger partial charge is 0.295 e. The lowest BCUT2D eigenvalue weighted by molar-refractivity contribution is 1.13. The Morgan fingerprint density at radius 2 is 2.13 bits per heavy atom. The van der Waals surface area contributed by atoms with Crippen LogP contribution < -0.4 is 0 Å². The van der Waals surface area contributed by atoms with Crippen LogP contribution in [-0.2, 0) is 0 Å². The highest BCUT2D eigenvalue weighted by Crippen LogP contribution is 2.05. The number of aromatic nitrogens is 2. The van der Waals surface area contributed by atoms with Crippen LogP contribution in [0.2, 0.25) is 0 Å². The number of halogens is 1. The van der Waals surface area contributed by atoms with Crippen LogP contribution in [0.3, 0.4) is 0 Å². The Balaban J connectivity index is 2.95. The summed E-state index contributed by atoms with van der Waals surface area (Å²) in [6, 6.07) is 1.74. The van der Waals surface area contributed by atoms with Gasteiger partial charge in [0.25, 0.3) is 0 Å². The standard InChI is InChI=1S/C11H10ClN3/c1-9(12)10(8-13-2)4-5-11-14-6-3-7-15-11/h3,6-8H,1-2H3/b10-9+,13-8?. The van der Waals surface area contributed by atoms with Crippen LogP contribution in [0, 0.1) is 11.8 Å². The third-order valence-corrected chi connectivity index (χ3v) is 1.71. The molecule has 0 aliphatic rings. The van der Waals surface area contributed by atoms with E-state index in [1.165, 1.54) is 0 Å². The molecule has 0 saturated carbocycles. The van der Waals surface area contributed by atoms with Gasteiger partial charge >= 0.3 is 0 Å². The average molecular weight is 220 g/mol. The van der Waals surface area contributed by atoms with Crippen molar-refractivity contribution in [2.24, 2.45) is 4.99 Å². The molecule has 0 aromatic carbocycles. The normalized spacial score (nSPS) is 11.9. The molecule has 0 amide bonds. The van der Waals surface area contributed by atoms with Gasteiger partial charge in [-0.2, -0.15) is 0 Å². The molecule has 0 unspecified atom stereocenters. The molecule has 0 fully saturated rings. The highest BCUT2D eigenvalue weighted by Gasteiger charge is 1.92. The minimum Gasteiger partial charge on any atom is -0.295 e. The molecule has 0 atom stereocenters. The Morgan fingerprint density at radius 1 is 1.47 bits per heavy atom. The summed E-state index contributed by atoms with van der Waals surface area (Å²) >= 11 is 5.83. The fraction of sp³-hybridized carbons (Fsp3) is 0.182. The van der Waals surface area contributed by atoms with Crippen LogP contribution >= 0.6 is 11.6 Å². The second-order valence-electron chi connectivity index (χ2n) is 2.66. The molecule has 1 rings (SSSR count). The highest BCUT2D eigenvalue weighted by molar-refractivity contribution is 6.31. The zero-order valence-electron chi connectivity index (χ0n) is 8.53. The molecule has 0 spiro atoms. The Kier molecular flexibility index (Phi) is 4.52. The first-order valence-electron chi connectivity index (χ1n) is 4.31. The lowest BCUT2D eigenvalue weighted by atomic mass is 10.3. The van der Waals surface area contributed by atoms with Crippen molar-refractivity contribution in [2.45, 2.75) is 6.92 Å². The Hall–Kier alpha value is -1.66. The van der Waals surface area contributed by atoms with E-state index < -0.39 is 0 Å². The predicted molar refractivity (Wildman–Crippen MR) is 61.9 cm³/mol. The summed E-state index contributed by atoms with van der Waals surface area (Å²) in [4.78, 5) is 11.8. The first-order valence-corrected chi connectivity index (χ1v) is 4.69. The molecule has 3 nitrogen and oxygen atoms in total. The lowest BCUT2D eigenvalue weighted by Crippen LogP contribution is -1.87. The van der Waals surface area contributed by atoms with Crippen molar-refractivity contribution < 1.29 is 0 Å². The van der Waals surface area contributed by atoms with Crippen molar-refractivity contribution >= 4 is 17.8 Å². The summed E-state index contributed by atoms with van der Waals surface area (Å²) in [6.07, 6.45) is 4.89. The molecule has 0 bridgehead atoms. The molecule has 15 heavy (non-hydrogen) atoms. The van der Waals surface area contributed by atoms with E-state index in [4.69, 9.17) is 11.6 Å². The molecular weight excluding hydrogens is 210 g/mol. The molecule has 76 valence electrons. The number of hydrogen-bond donors (Lipinski definition) is 0. The lowest BCUT2D eigenvalue weighted by Gasteiger charge is -1.90. The molecule has 1 aromatic heterocycles. The smallest absolute Gasteiger partial charge is 0.205 e. The van der Waals surface area contributed by atoms with Crippen LogP contribution in [0.25, 0.3) is 0 Å². The van der Waals surface area contributed by atoms with Gasteiger partial charge in [0, 0.05) is 30.7 Å². The molecule has 1 heterocycles. The average Bonchev–Trinajstić information content (AvgIpc) is 2.25. The van der Waals surface area contributed by atoms with Crippen LogP contribution in [0.15, 0.2) is 34.1 Å². The molecule has 1 aromatic rings. The molecule has 0 aliphatic carbocycles. The van der Waals surface area contributed by atoms with Crippen LogP contribution in [0.1, 0.15) is 12.7 Å². The van der Waals surface area contributed by atoms with Gasteiger partial charge in [-0.25, -0.2) is 9.97 Å². The quantitative estimate of drug-likeness (QED) is 0.536. The summed E-state index contributed by atoms with van der Waals surface area (Å²) in [7, 11) is 1.67. The van der Waals surface area contributed by atoms with Gasteiger partial charge in [-0.3, -0.25) is 4.99 Å². The van der Waals surface area contributed by atoms with E-state index in [0.717, 1.165) is 0 Å². The van der Waals surface area contributed by atoms with E-state index in [9.17, 15) is 0 Å². The van der Waals surface area contributed by atoms with Gasteiger partial charge in [0.15, 0.2) is 0 Å². The van der Waals surface area contributed by atoms with Gasteiger partial charge in [0.2, 0.25) is 5.82 Å². The number of rotatable bonds is 1. The Bertz CT molecular complexity index is 434. The predicted octanol–water partition coefficient (Wildman–Crippen LogP) is 2.04. The van der Waals surface area contributed by atoms with Crippen molar-refractivity contribution in [1.29, 1.82) is 0 Å². The number of aliphatic imine (C=N–C) groups is 1. The Labute approximate surface area is 93.9 Å². The van der Waals surface area contributed by atoms with E-state index in [-0.39, 0.29) is 0 Å². The van der Waals surface area contributed by atoms with Crippen molar-refractivity contribution in [3.05, 3.63) is 34.9 Å². The van der Waals surface area contributed by atoms with Crippen LogP contribution in [-0.4, -0.2) is 23.2 Å². The fourth-order valence-corrected chi connectivity index (χ4v) is 0.919. The van der Waals surface area contributed by atoms with E-state index in [1.54, 1.807) is 38.6 Å². The maximum Gasteiger partial charge on any atom is 0.205 e. The second-order valence-corrected chi connectivity index (χ2v) is 3.22. The number of nitrogens with zero attached hydrogens (tertiary/aromatic N) is 3. The van der Waals surface area contributed by atoms with Crippen molar-refractivity contribution in [2.75, 3.05) is 7.05 Å². The SMILES string of the molecule is CN=C/C(C#Cc1ncccn1)=C(\C)Cl. The van der Waals surface area contributed by atoms with E-state index in [2.05, 4.69) is 26.8 Å². The van der Waals surface area contributed by atoms with E-state index in [1.807, 2.05) is 0 Å². The minimum atomic E-state index is 0.470. The van der Waals surface area contributed by atoms with Crippen LogP contribution in [0.5, 0.6) is 0 Å². The molecule has 0 radical (unpaired) electrons. The number of allylic oxidation sites excluding steroid dienone is 2. The molecule has 0 aliphatic heterocycles. The summed E-state index contributed by atoms with van der Waals surface area (Å²) in [5, 5.41) is 0.601. The molecule has 0 N–H and O–H groups in total. The zero-order chi connectivity index (χ0) is 11.1.